The highest BCUT2D eigenvalue weighted by Gasteiger charge is 1.92. The predicted molar refractivity (Wildman–Crippen MR) is 93.4 cm³/mol. The van der Waals surface area contributed by atoms with Crippen molar-refractivity contribution in [2.24, 2.45) is 0 Å². The summed E-state index contributed by atoms with van der Waals surface area (Å²) in [6.45, 7) is 3.53. The van der Waals surface area contributed by atoms with E-state index in [1.165, 1.54) is 90.0 Å². The van der Waals surface area contributed by atoms with Crippen LogP contribution in [0.15, 0.2) is 12.2 Å². The van der Waals surface area contributed by atoms with Crippen molar-refractivity contribution in [3.05, 3.63) is 12.2 Å². The lowest BCUT2D eigenvalue weighted by Gasteiger charge is -2.08. The van der Waals surface area contributed by atoms with Gasteiger partial charge in [-0.05, 0) is 52.7 Å². The molecule has 0 bridgehead atoms. The van der Waals surface area contributed by atoms with Gasteiger partial charge in [0.05, 0.1) is 0 Å². The second-order valence-corrected chi connectivity index (χ2v) is 6.39. The third kappa shape index (κ3) is 17.7. The molecule has 0 spiro atoms. The molecule has 0 aromatic rings. The Bertz CT molecular complexity index is 196. The molecule has 0 aromatic heterocycles. The van der Waals surface area contributed by atoms with Crippen molar-refractivity contribution in [2.45, 2.75) is 90.4 Å². The highest BCUT2D eigenvalue weighted by atomic mass is 15.0. The highest BCUT2D eigenvalue weighted by molar-refractivity contribution is 4.81. The largest absolute Gasteiger partial charge is 0.309 e. The maximum Gasteiger partial charge on any atom is -0.00248 e. The Morgan fingerprint density at radius 1 is 0.600 bits per heavy atom. The molecule has 0 aliphatic carbocycles. The number of hydrogen-bond donors (Lipinski definition) is 0. The van der Waals surface area contributed by atoms with Crippen molar-refractivity contribution in [1.29, 1.82) is 0 Å². The smallest absolute Gasteiger partial charge is 0.00248 e. The summed E-state index contributed by atoms with van der Waals surface area (Å²) in [7, 11) is 4.32. The Labute approximate surface area is 128 Å². The molecule has 0 aromatic carbocycles. The zero-order valence-electron chi connectivity index (χ0n) is 14.5. The molecule has 0 atom stereocenters. The molecule has 0 heterocycles. The summed E-state index contributed by atoms with van der Waals surface area (Å²) in [5.41, 5.74) is 0. The summed E-state index contributed by atoms with van der Waals surface area (Å²) < 4.78 is 0. The highest BCUT2D eigenvalue weighted by Crippen LogP contribution is 2.09. The van der Waals surface area contributed by atoms with E-state index in [4.69, 9.17) is 0 Å². The van der Waals surface area contributed by atoms with Crippen molar-refractivity contribution >= 4 is 0 Å². The summed E-state index contributed by atoms with van der Waals surface area (Å²) in [5.74, 6) is 0. The standard InChI is InChI=1S/C19H39N/c1-4-5-6-7-8-9-10-11-12-13-14-15-16-17-18-19-20(2)3/h11-12H,4-10,13-19H2,1-3H3/b12-11+. The molecule has 0 aliphatic heterocycles. The van der Waals surface area contributed by atoms with E-state index in [0.29, 0.717) is 0 Å². The normalized spacial score (nSPS) is 11.8. The molecule has 0 amide bonds. The molecule has 0 radical (unpaired) electrons. The van der Waals surface area contributed by atoms with Gasteiger partial charge in [-0.15, -0.1) is 0 Å². The Morgan fingerprint density at radius 3 is 1.55 bits per heavy atom. The maximum absolute atomic E-state index is 2.41. The lowest BCUT2D eigenvalue weighted by Crippen LogP contribution is -2.12. The van der Waals surface area contributed by atoms with E-state index in [0.717, 1.165) is 0 Å². The lowest BCUT2D eigenvalue weighted by atomic mass is 10.1. The fourth-order valence-electron chi connectivity index (χ4n) is 2.50. The summed E-state index contributed by atoms with van der Waals surface area (Å²) in [5, 5.41) is 0. The fourth-order valence-corrected chi connectivity index (χ4v) is 2.50. The van der Waals surface area contributed by atoms with Crippen LogP contribution in [0, 0.1) is 0 Å². The van der Waals surface area contributed by atoms with Crippen LogP contribution in [-0.4, -0.2) is 25.5 Å². The predicted octanol–water partition coefficient (Wildman–Crippen LogP) is 6.20. The third-order valence-electron chi connectivity index (χ3n) is 3.87. The van der Waals surface area contributed by atoms with E-state index >= 15 is 0 Å². The molecule has 0 rings (SSSR count). The van der Waals surface area contributed by atoms with Crippen LogP contribution in [0.4, 0.5) is 0 Å². The minimum atomic E-state index is 1.25. The van der Waals surface area contributed by atoms with E-state index in [1.807, 2.05) is 0 Å². The van der Waals surface area contributed by atoms with Crippen molar-refractivity contribution in [2.75, 3.05) is 20.6 Å². The van der Waals surface area contributed by atoms with Crippen molar-refractivity contribution < 1.29 is 0 Å². The van der Waals surface area contributed by atoms with Crippen LogP contribution in [0.5, 0.6) is 0 Å². The van der Waals surface area contributed by atoms with Crippen LogP contribution in [0.1, 0.15) is 90.4 Å². The monoisotopic (exact) mass is 281 g/mol. The van der Waals surface area contributed by atoms with Gasteiger partial charge in [0.25, 0.3) is 0 Å². The van der Waals surface area contributed by atoms with Crippen LogP contribution < -0.4 is 0 Å². The number of nitrogens with zero attached hydrogens (tertiary/aromatic N) is 1. The van der Waals surface area contributed by atoms with E-state index in [9.17, 15) is 0 Å². The van der Waals surface area contributed by atoms with Crippen LogP contribution >= 0.6 is 0 Å². The van der Waals surface area contributed by atoms with Gasteiger partial charge < -0.3 is 4.90 Å². The summed E-state index contributed by atoms with van der Waals surface area (Å²) in [4.78, 5) is 2.28. The number of hydrogen-bond acceptors (Lipinski definition) is 1. The second-order valence-electron chi connectivity index (χ2n) is 6.39. The van der Waals surface area contributed by atoms with Gasteiger partial charge >= 0.3 is 0 Å². The molecule has 0 N–H and O–H groups in total. The van der Waals surface area contributed by atoms with Gasteiger partial charge in [-0.25, -0.2) is 0 Å². The van der Waals surface area contributed by atoms with Gasteiger partial charge in [-0.3, -0.25) is 0 Å². The van der Waals surface area contributed by atoms with Crippen LogP contribution in [0.3, 0.4) is 0 Å². The van der Waals surface area contributed by atoms with Crippen LogP contribution in [0.25, 0.3) is 0 Å². The average Bonchev–Trinajstić information content (AvgIpc) is 2.43. The Kier molecular flexibility index (Phi) is 16.5. The second kappa shape index (κ2) is 16.8. The van der Waals surface area contributed by atoms with Crippen molar-refractivity contribution in [3.8, 4) is 0 Å². The number of unbranched alkanes of at least 4 members (excludes halogenated alkanes) is 11. The molecular weight excluding hydrogens is 242 g/mol. The third-order valence-corrected chi connectivity index (χ3v) is 3.87. The minimum Gasteiger partial charge on any atom is -0.309 e. The first kappa shape index (κ1) is 19.7. The van der Waals surface area contributed by atoms with E-state index in [-0.39, 0.29) is 0 Å². The van der Waals surface area contributed by atoms with E-state index in [1.54, 1.807) is 0 Å². The van der Waals surface area contributed by atoms with Crippen molar-refractivity contribution in [3.63, 3.8) is 0 Å². The summed E-state index contributed by atoms with van der Waals surface area (Å²) in [6, 6.07) is 0. The Hall–Kier alpha value is -0.300. The molecule has 0 aliphatic rings. The molecular formula is C19H39N. The first-order valence-electron chi connectivity index (χ1n) is 9.07. The maximum atomic E-state index is 2.41. The number of allylic oxidation sites excluding steroid dienone is 2. The van der Waals surface area contributed by atoms with E-state index < -0.39 is 0 Å². The fraction of sp³-hybridized carbons (Fsp3) is 0.895. The summed E-state index contributed by atoms with van der Waals surface area (Å²) >= 11 is 0. The van der Waals surface area contributed by atoms with Gasteiger partial charge in [0.2, 0.25) is 0 Å². The molecule has 0 fully saturated rings. The molecule has 20 heavy (non-hydrogen) atoms. The molecule has 1 heteroatoms. The molecule has 0 saturated heterocycles. The molecule has 1 nitrogen and oxygen atoms in total. The molecule has 0 saturated carbocycles. The van der Waals surface area contributed by atoms with Gasteiger partial charge in [0.1, 0.15) is 0 Å². The Balaban J connectivity index is 3.05. The summed E-state index contributed by atoms with van der Waals surface area (Å²) in [6.07, 6.45) is 22.9. The SMILES string of the molecule is CCCCCCCC/C=C/CCCCCCCN(C)C. The zero-order chi connectivity index (χ0) is 14.9. The van der Waals surface area contributed by atoms with E-state index in [2.05, 4.69) is 38.1 Å². The number of rotatable bonds is 15. The first-order chi connectivity index (χ1) is 9.77. The average molecular weight is 282 g/mol. The van der Waals surface area contributed by atoms with Gasteiger partial charge in [-0.2, -0.15) is 0 Å². The molecule has 120 valence electrons. The van der Waals surface area contributed by atoms with Gasteiger partial charge in [0, 0.05) is 0 Å². The quantitative estimate of drug-likeness (QED) is 0.255. The first-order valence-corrected chi connectivity index (χ1v) is 9.07. The Morgan fingerprint density at radius 2 is 1.05 bits per heavy atom. The molecule has 0 unspecified atom stereocenters. The van der Waals surface area contributed by atoms with Crippen LogP contribution in [-0.2, 0) is 0 Å². The van der Waals surface area contributed by atoms with Gasteiger partial charge in [-0.1, -0.05) is 70.4 Å². The van der Waals surface area contributed by atoms with Crippen molar-refractivity contribution in [1.82, 2.24) is 4.90 Å². The van der Waals surface area contributed by atoms with Gasteiger partial charge in [0.15, 0.2) is 0 Å². The van der Waals surface area contributed by atoms with Crippen LogP contribution in [0.2, 0.25) is 0 Å². The minimum absolute atomic E-state index is 1.25. The lowest BCUT2D eigenvalue weighted by molar-refractivity contribution is 0.390. The topological polar surface area (TPSA) is 3.24 Å². The zero-order valence-corrected chi connectivity index (χ0v) is 14.5.